The van der Waals surface area contributed by atoms with Gasteiger partial charge in [0.2, 0.25) is 0 Å². The molecule has 3 aromatic rings. The molecule has 1 atom stereocenters. The molecule has 1 aromatic heterocycles. The Hall–Kier alpha value is -2.43. The first-order valence-corrected chi connectivity index (χ1v) is 7.58. The van der Waals surface area contributed by atoms with E-state index in [1.165, 1.54) is 0 Å². The first-order valence-electron chi connectivity index (χ1n) is 7.20. The Kier molecular flexibility index (Phi) is 4.55. The molecular weight excluding hydrogens is 312 g/mol. The summed E-state index contributed by atoms with van der Waals surface area (Å²) in [6.07, 6.45) is 1.62. The summed E-state index contributed by atoms with van der Waals surface area (Å²) in [5.74, 6) is -0.298. The number of aliphatic hydroxyl groups is 1. The number of nitrogens with one attached hydrogen (secondary N) is 1. The Morgan fingerprint density at radius 2 is 1.91 bits per heavy atom. The molecule has 1 heterocycles. The zero-order valence-corrected chi connectivity index (χ0v) is 13.0. The van der Waals surface area contributed by atoms with E-state index >= 15 is 0 Å². The second-order valence-electron chi connectivity index (χ2n) is 5.11. The predicted molar refractivity (Wildman–Crippen MR) is 90.5 cm³/mol. The normalized spacial score (nSPS) is 12.1. The van der Waals surface area contributed by atoms with Crippen LogP contribution in [0.4, 0.5) is 0 Å². The Morgan fingerprint density at radius 1 is 1.13 bits per heavy atom. The van der Waals surface area contributed by atoms with E-state index in [-0.39, 0.29) is 12.5 Å². The smallest absolute Gasteiger partial charge is 0.254 e. The van der Waals surface area contributed by atoms with E-state index < -0.39 is 6.04 Å². The van der Waals surface area contributed by atoms with Crippen LogP contribution in [0.25, 0.3) is 10.9 Å². The molecular formula is C18H15ClN2O2. The van der Waals surface area contributed by atoms with E-state index in [1.807, 2.05) is 36.4 Å². The topological polar surface area (TPSA) is 62.2 Å². The molecule has 0 aliphatic heterocycles. The number of carbonyl (C=O) groups is 1. The monoisotopic (exact) mass is 326 g/mol. The molecule has 0 bridgehead atoms. The van der Waals surface area contributed by atoms with Crippen molar-refractivity contribution in [2.75, 3.05) is 6.61 Å². The Labute approximate surface area is 138 Å². The van der Waals surface area contributed by atoms with Gasteiger partial charge in [0, 0.05) is 11.6 Å². The summed E-state index contributed by atoms with van der Waals surface area (Å²) in [6, 6.07) is 15.8. The van der Waals surface area contributed by atoms with Crippen LogP contribution in [0.15, 0.2) is 60.8 Å². The fourth-order valence-electron chi connectivity index (χ4n) is 2.48. The second kappa shape index (κ2) is 6.77. The molecule has 0 radical (unpaired) electrons. The molecule has 116 valence electrons. The maximum atomic E-state index is 12.6. The minimum Gasteiger partial charge on any atom is -0.394 e. The number of hydrogen-bond donors (Lipinski definition) is 2. The predicted octanol–water partition coefficient (Wildman–Crippen LogP) is 3.35. The van der Waals surface area contributed by atoms with Gasteiger partial charge in [-0.3, -0.25) is 9.78 Å². The highest BCUT2D eigenvalue weighted by atomic mass is 35.5. The maximum absolute atomic E-state index is 12.6. The van der Waals surface area contributed by atoms with Crippen LogP contribution in [0, 0.1) is 0 Å². The number of benzene rings is 2. The lowest BCUT2D eigenvalue weighted by atomic mass is 10.1. The van der Waals surface area contributed by atoms with Crippen molar-refractivity contribution in [3.05, 3.63) is 76.9 Å². The molecule has 3 rings (SSSR count). The van der Waals surface area contributed by atoms with E-state index in [9.17, 15) is 9.90 Å². The van der Waals surface area contributed by atoms with Gasteiger partial charge in [-0.25, -0.2) is 0 Å². The summed E-state index contributed by atoms with van der Waals surface area (Å²) in [5, 5.41) is 13.7. The zero-order valence-electron chi connectivity index (χ0n) is 12.2. The highest BCUT2D eigenvalue weighted by Gasteiger charge is 2.17. The van der Waals surface area contributed by atoms with Gasteiger partial charge in [-0.05, 0) is 29.8 Å². The largest absolute Gasteiger partial charge is 0.394 e. The summed E-state index contributed by atoms with van der Waals surface area (Å²) in [7, 11) is 0. The lowest BCUT2D eigenvalue weighted by molar-refractivity contribution is 0.0917. The number of nitrogens with zero attached hydrogens (tertiary/aromatic N) is 1. The van der Waals surface area contributed by atoms with Gasteiger partial charge < -0.3 is 10.4 Å². The molecule has 5 heteroatoms. The number of hydrogen-bond acceptors (Lipinski definition) is 3. The van der Waals surface area contributed by atoms with Crippen LogP contribution in [-0.2, 0) is 0 Å². The van der Waals surface area contributed by atoms with Crippen LogP contribution in [-0.4, -0.2) is 22.6 Å². The third-order valence-corrected chi connectivity index (χ3v) is 3.98. The maximum Gasteiger partial charge on any atom is 0.254 e. The van der Waals surface area contributed by atoms with Gasteiger partial charge in [0.05, 0.1) is 28.8 Å². The Bertz CT molecular complexity index is 837. The summed E-state index contributed by atoms with van der Waals surface area (Å²) >= 11 is 6.15. The van der Waals surface area contributed by atoms with Crippen molar-refractivity contribution in [3.63, 3.8) is 0 Å². The van der Waals surface area contributed by atoms with Crippen molar-refractivity contribution in [2.24, 2.45) is 0 Å². The van der Waals surface area contributed by atoms with Gasteiger partial charge in [0.15, 0.2) is 0 Å². The van der Waals surface area contributed by atoms with Crippen LogP contribution in [0.3, 0.4) is 0 Å². The van der Waals surface area contributed by atoms with Crippen molar-refractivity contribution in [2.45, 2.75) is 6.04 Å². The summed E-state index contributed by atoms with van der Waals surface area (Å²) < 4.78 is 0. The van der Waals surface area contributed by atoms with Gasteiger partial charge in [-0.2, -0.15) is 0 Å². The van der Waals surface area contributed by atoms with E-state index in [0.29, 0.717) is 16.1 Å². The van der Waals surface area contributed by atoms with Crippen LogP contribution >= 0.6 is 11.6 Å². The first kappa shape index (κ1) is 15.5. The Morgan fingerprint density at radius 3 is 2.65 bits per heavy atom. The zero-order chi connectivity index (χ0) is 16.2. The van der Waals surface area contributed by atoms with Crippen molar-refractivity contribution >= 4 is 28.4 Å². The van der Waals surface area contributed by atoms with Crippen LogP contribution in [0.5, 0.6) is 0 Å². The lowest BCUT2D eigenvalue weighted by Crippen LogP contribution is -2.31. The van der Waals surface area contributed by atoms with E-state index in [4.69, 9.17) is 11.6 Å². The molecule has 0 spiro atoms. The van der Waals surface area contributed by atoms with Gasteiger partial charge in [0.25, 0.3) is 5.91 Å². The minimum absolute atomic E-state index is 0.186. The number of aromatic nitrogens is 1. The van der Waals surface area contributed by atoms with Crippen molar-refractivity contribution in [1.29, 1.82) is 0 Å². The lowest BCUT2D eigenvalue weighted by Gasteiger charge is -2.17. The fraction of sp³-hybridized carbons (Fsp3) is 0.111. The van der Waals surface area contributed by atoms with Gasteiger partial charge in [-0.1, -0.05) is 41.9 Å². The third kappa shape index (κ3) is 3.18. The number of pyridine rings is 1. The number of amides is 1. The standard InChI is InChI=1S/C18H15ClN2O2/c19-15-9-8-14(17-13(15)7-4-10-20-17)18(23)21-16(11-22)12-5-2-1-3-6-12/h1-10,16,22H,11H2,(H,21,23)/t16-/m1/s1. The summed E-state index contributed by atoms with van der Waals surface area (Å²) in [4.78, 5) is 16.9. The average Bonchev–Trinajstić information content (AvgIpc) is 2.61. The van der Waals surface area contributed by atoms with Gasteiger partial charge >= 0.3 is 0 Å². The van der Waals surface area contributed by atoms with Crippen molar-refractivity contribution in [3.8, 4) is 0 Å². The number of aliphatic hydroxyl groups excluding tert-OH is 1. The Balaban J connectivity index is 1.93. The number of rotatable bonds is 4. The number of carbonyl (C=O) groups excluding carboxylic acids is 1. The summed E-state index contributed by atoms with van der Waals surface area (Å²) in [6.45, 7) is -0.186. The molecule has 0 saturated heterocycles. The molecule has 2 aromatic carbocycles. The van der Waals surface area contributed by atoms with Gasteiger partial charge in [-0.15, -0.1) is 0 Å². The SMILES string of the molecule is O=C(N[C@H](CO)c1ccccc1)c1ccc(Cl)c2cccnc12. The molecule has 0 fully saturated rings. The molecule has 4 nitrogen and oxygen atoms in total. The quantitative estimate of drug-likeness (QED) is 0.773. The van der Waals surface area contributed by atoms with E-state index in [0.717, 1.165) is 10.9 Å². The van der Waals surface area contributed by atoms with Gasteiger partial charge in [0.1, 0.15) is 0 Å². The fourth-order valence-corrected chi connectivity index (χ4v) is 2.69. The van der Waals surface area contributed by atoms with E-state index in [1.54, 1.807) is 24.4 Å². The second-order valence-corrected chi connectivity index (χ2v) is 5.52. The molecule has 2 N–H and O–H groups in total. The van der Waals surface area contributed by atoms with Crippen molar-refractivity contribution < 1.29 is 9.90 Å². The highest BCUT2D eigenvalue weighted by molar-refractivity contribution is 6.36. The molecule has 0 aliphatic carbocycles. The molecule has 0 unspecified atom stereocenters. The molecule has 0 saturated carbocycles. The van der Waals surface area contributed by atoms with E-state index in [2.05, 4.69) is 10.3 Å². The van der Waals surface area contributed by atoms with Crippen molar-refractivity contribution in [1.82, 2.24) is 10.3 Å². The van der Waals surface area contributed by atoms with Crippen LogP contribution < -0.4 is 5.32 Å². The first-order chi connectivity index (χ1) is 11.2. The average molecular weight is 327 g/mol. The van der Waals surface area contributed by atoms with Crippen LogP contribution in [0.1, 0.15) is 22.0 Å². The van der Waals surface area contributed by atoms with Crippen LogP contribution in [0.2, 0.25) is 5.02 Å². The highest BCUT2D eigenvalue weighted by Crippen LogP contribution is 2.25. The number of halogens is 1. The number of fused-ring (bicyclic) bond motifs is 1. The summed E-state index contributed by atoms with van der Waals surface area (Å²) in [5.41, 5.74) is 1.82. The molecule has 23 heavy (non-hydrogen) atoms. The minimum atomic E-state index is -0.474. The molecule has 1 amide bonds. The molecule has 0 aliphatic rings. The third-order valence-electron chi connectivity index (χ3n) is 3.65.